The third-order valence-corrected chi connectivity index (χ3v) is 2.80. The van der Waals surface area contributed by atoms with Crippen LogP contribution in [0.4, 0.5) is 0 Å². The summed E-state index contributed by atoms with van der Waals surface area (Å²) in [7, 11) is 0. The van der Waals surface area contributed by atoms with Crippen molar-refractivity contribution in [2.24, 2.45) is 0 Å². The molecule has 0 saturated carbocycles. The molecule has 0 amide bonds. The molecule has 0 aliphatic heterocycles. The molecule has 5 heteroatoms. The van der Waals surface area contributed by atoms with Gasteiger partial charge in [0.2, 0.25) is 5.88 Å². The predicted octanol–water partition coefficient (Wildman–Crippen LogP) is 3.26. The fourth-order valence-corrected chi connectivity index (χ4v) is 1.79. The van der Waals surface area contributed by atoms with Crippen molar-refractivity contribution >= 4 is 21.9 Å². The summed E-state index contributed by atoms with van der Waals surface area (Å²) < 4.78 is 6.32. The maximum atomic E-state index is 10.6. The Bertz CT molecular complexity index is 572. The third kappa shape index (κ3) is 3.30. The maximum Gasteiger partial charge on any atom is 0.307 e. The van der Waals surface area contributed by atoms with Gasteiger partial charge in [0, 0.05) is 6.20 Å². The Hall–Kier alpha value is -1.88. The summed E-state index contributed by atoms with van der Waals surface area (Å²) in [6.45, 7) is 0. The van der Waals surface area contributed by atoms with Gasteiger partial charge in [-0.2, -0.15) is 0 Å². The standard InChI is InChI=1S/C13H10BrNO3/c14-11-5-2-6-15-13(11)18-10-4-1-3-9(7-10)8-12(16)17/h1-7H,8H2,(H,16,17). The minimum Gasteiger partial charge on any atom is -0.481 e. The zero-order chi connectivity index (χ0) is 13.0. The predicted molar refractivity (Wildman–Crippen MR) is 69.8 cm³/mol. The Morgan fingerprint density at radius 3 is 2.89 bits per heavy atom. The summed E-state index contributed by atoms with van der Waals surface area (Å²) in [5.41, 5.74) is 0.687. The van der Waals surface area contributed by atoms with Crippen LogP contribution in [0.2, 0.25) is 0 Å². The van der Waals surface area contributed by atoms with Crippen LogP contribution >= 0.6 is 15.9 Å². The molecule has 1 N–H and O–H groups in total. The molecule has 2 rings (SSSR count). The van der Waals surface area contributed by atoms with Crippen LogP contribution < -0.4 is 4.74 Å². The number of hydrogen-bond donors (Lipinski definition) is 1. The molecule has 1 aromatic heterocycles. The van der Waals surface area contributed by atoms with E-state index in [1.165, 1.54) is 0 Å². The summed E-state index contributed by atoms with van der Waals surface area (Å²) in [5.74, 6) is 0.143. The number of carbonyl (C=O) groups is 1. The van der Waals surface area contributed by atoms with Gasteiger partial charge in [-0.1, -0.05) is 12.1 Å². The zero-order valence-corrected chi connectivity index (χ0v) is 10.9. The van der Waals surface area contributed by atoms with Gasteiger partial charge in [0.1, 0.15) is 5.75 Å². The molecule has 0 aliphatic rings. The quantitative estimate of drug-likeness (QED) is 0.942. The minimum absolute atomic E-state index is 0.0272. The van der Waals surface area contributed by atoms with Gasteiger partial charge in [0.05, 0.1) is 10.9 Å². The smallest absolute Gasteiger partial charge is 0.307 e. The van der Waals surface area contributed by atoms with Gasteiger partial charge in [0.25, 0.3) is 0 Å². The van der Waals surface area contributed by atoms with Crippen LogP contribution in [-0.4, -0.2) is 16.1 Å². The lowest BCUT2D eigenvalue weighted by Crippen LogP contribution is -2.00. The van der Waals surface area contributed by atoms with Crippen LogP contribution in [0, 0.1) is 0 Å². The summed E-state index contributed by atoms with van der Waals surface area (Å²) >= 11 is 3.33. The van der Waals surface area contributed by atoms with E-state index in [4.69, 9.17) is 9.84 Å². The minimum atomic E-state index is -0.869. The van der Waals surface area contributed by atoms with E-state index in [0.717, 1.165) is 4.47 Å². The van der Waals surface area contributed by atoms with E-state index in [1.807, 2.05) is 6.07 Å². The van der Waals surface area contributed by atoms with Crippen molar-refractivity contribution in [3.63, 3.8) is 0 Å². The Kier molecular flexibility index (Phi) is 3.94. The summed E-state index contributed by atoms with van der Waals surface area (Å²) in [5, 5.41) is 8.73. The molecule has 1 aromatic carbocycles. The number of carboxylic acid groups (broad SMARTS) is 1. The number of aliphatic carboxylic acids is 1. The number of halogens is 1. The van der Waals surface area contributed by atoms with Crippen molar-refractivity contribution in [2.75, 3.05) is 0 Å². The number of carboxylic acids is 1. The molecular formula is C13H10BrNO3. The van der Waals surface area contributed by atoms with Crippen molar-refractivity contribution in [1.29, 1.82) is 0 Å². The van der Waals surface area contributed by atoms with Gasteiger partial charge in [-0.15, -0.1) is 0 Å². The van der Waals surface area contributed by atoms with Crippen LogP contribution in [0.5, 0.6) is 11.6 Å². The Labute approximate surface area is 112 Å². The average molecular weight is 308 g/mol. The van der Waals surface area contributed by atoms with Gasteiger partial charge in [-0.25, -0.2) is 4.98 Å². The van der Waals surface area contributed by atoms with Crippen LogP contribution in [0.15, 0.2) is 47.1 Å². The zero-order valence-electron chi connectivity index (χ0n) is 9.34. The molecule has 18 heavy (non-hydrogen) atoms. The first-order valence-electron chi connectivity index (χ1n) is 5.24. The van der Waals surface area contributed by atoms with E-state index < -0.39 is 5.97 Å². The molecule has 0 radical (unpaired) electrons. The van der Waals surface area contributed by atoms with Crippen molar-refractivity contribution < 1.29 is 14.6 Å². The number of benzene rings is 1. The molecule has 0 atom stereocenters. The number of rotatable bonds is 4. The van der Waals surface area contributed by atoms with E-state index in [-0.39, 0.29) is 6.42 Å². The Balaban J connectivity index is 2.19. The van der Waals surface area contributed by atoms with Gasteiger partial charge in [-0.05, 0) is 45.8 Å². The molecule has 0 saturated heterocycles. The maximum absolute atomic E-state index is 10.6. The number of aromatic nitrogens is 1. The van der Waals surface area contributed by atoms with Crippen molar-refractivity contribution in [3.8, 4) is 11.6 Å². The molecular weight excluding hydrogens is 298 g/mol. The second kappa shape index (κ2) is 5.64. The van der Waals surface area contributed by atoms with Crippen molar-refractivity contribution in [2.45, 2.75) is 6.42 Å². The topological polar surface area (TPSA) is 59.4 Å². The first-order chi connectivity index (χ1) is 8.65. The van der Waals surface area contributed by atoms with Crippen molar-refractivity contribution in [3.05, 3.63) is 52.6 Å². The highest BCUT2D eigenvalue weighted by Crippen LogP contribution is 2.27. The lowest BCUT2D eigenvalue weighted by molar-refractivity contribution is -0.136. The van der Waals surface area contributed by atoms with Gasteiger partial charge in [0.15, 0.2) is 0 Å². The molecule has 0 fully saturated rings. The van der Waals surface area contributed by atoms with Gasteiger partial charge < -0.3 is 9.84 Å². The van der Waals surface area contributed by atoms with Gasteiger partial charge in [-0.3, -0.25) is 4.79 Å². The fraction of sp³-hybridized carbons (Fsp3) is 0.0769. The monoisotopic (exact) mass is 307 g/mol. The second-order valence-corrected chi connectivity index (χ2v) is 4.46. The largest absolute Gasteiger partial charge is 0.481 e. The third-order valence-electron chi connectivity index (χ3n) is 2.19. The number of pyridine rings is 1. The summed E-state index contributed by atoms with van der Waals surface area (Å²) in [4.78, 5) is 14.7. The molecule has 4 nitrogen and oxygen atoms in total. The van der Waals surface area contributed by atoms with Crippen LogP contribution in [-0.2, 0) is 11.2 Å². The van der Waals surface area contributed by atoms with Gasteiger partial charge >= 0.3 is 5.97 Å². The molecule has 0 bridgehead atoms. The van der Waals surface area contributed by atoms with Crippen LogP contribution in [0.3, 0.4) is 0 Å². The van der Waals surface area contributed by atoms with E-state index in [9.17, 15) is 4.79 Å². The fourth-order valence-electron chi connectivity index (χ4n) is 1.45. The highest BCUT2D eigenvalue weighted by atomic mass is 79.9. The Morgan fingerprint density at radius 2 is 2.17 bits per heavy atom. The molecule has 0 aliphatic carbocycles. The summed E-state index contributed by atoms with van der Waals surface area (Å²) in [6.07, 6.45) is 1.60. The number of nitrogens with zero attached hydrogens (tertiary/aromatic N) is 1. The van der Waals surface area contributed by atoms with Crippen LogP contribution in [0.1, 0.15) is 5.56 Å². The highest BCUT2D eigenvalue weighted by molar-refractivity contribution is 9.10. The Morgan fingerprint density at radius 1 is 1.33 bits per heavy atom. The SMILES string of the molecule is O=C(O)Cc1cccc(Oc2ncccc2Br)c1. The molecule has 0 unspecified atom stereocenters. The lowest BCUT2D eigenvalue weighted by Gasteiger charge is -2.07. The first-order valence-corrected chi connectivity index (χ1v) is 6.03. The lowest BCUT2D eigenvalue weighted by atomic mass is 10.1. The number of ether oxygens (including phenoxy) is 1. The second-order valence-electron chi connectivity index (χ2n) is 3.61. The molecule has 92 valence electrons. The van der Waals surface area contributed by atoms with Crippen LogP contribution in [0.25, 0.3) is 0 Å². The highest BCUT2D eigenvalue weighted by Gasteiger charge is 2.05. The normalized spacial score (nSPS) is 10.1. The summed E-state index contributed by atoms with van der Waals surface area (Å²) in [6, 6.07) is 10.6. The molecule has 1 heterocycles. The first kappa shape index (κ1) is 12.6. The molecule has 2 aromatic rings. The average Bonchev–Trinajstić information content (AvgIpc) is 2.32. The van der Waals surface area contributed by atoms with E-state index in [1.54, 1.807) is 36.5 Å². The molecule has 0 spiro atoms. The van der Waals surface area contributed by atoms with E-state index in [0.29, 0.717) is 17.2 Å². The van der Waals surface area contributed by atoms with Crippen molar-refractivity contribution in [1.82, 2.24) is 4.98 Å². The van der Waals surface area contributed by atoms with E-state index >= 15 is 0 Å². The number of hydrogen-bond acceptors (Lipinski definition) is 3. The van der Waals surface area contributed by atoms with E-state index in [2.05, 4.69) is 20.9 Å².